The highest BCUT2D eigenvalue weighted by Gasteiger charge is 2.06. The van der Waals surface area contributed by atoms with Crippen molar-refractivity contribution in [3.63, 3.8) is 0 Å². The number of amides is 1. The number of ether oxygens (including phenoxy) is 1. The van der Waals surface area contributed by atoms with Crippen molar-refractivity contribution in [1.29, 1.82) is 0 Å². The first-order chi connectivity index (χ1) is 9.94. The Morgan fingerprint density at radius 3 is 2.48 bits per heavy atom. The summed E-state index contributed by atoms with van der Waals surface area (Å²) in [7, 11) is 0. The minimum Gasteiger partial charge on any atom is -0.484 e. The number of hydrogen-bond acceptors (Lipinski definition) is 2. The number of hydrogen-bond donors (Lipinski definition) is 1. The molecular formula is C15H12BrCl2NO2. The molecule has 0 fully saturated rings. The summed E-state index contributed by atoms with van der Waals surface area (Å²) in [4.78, 5) is 11.8. The Bertz CT molecular complexity index is 656. The van der Waals surface area contributed by atoms with E-state index < -0.39 is 0 Å². The van der Waals surface area contributed by atoms with Gasteiger partial charge in [-0.15, -0.1) is 0 Å². The molecule has 0 atom stereocenters. The molecule has 0 spiro atoms. The monoisotopic (exact) mass is 387 g/mol. The van der Waals surface area contributed by atoms with Gasteiger partial charge in [0.05, 0.1) is 0 Å². The minimum absolute atomic E-state index is 0.123. The van der Waals surface area contributed by atoms with Crippen LogP contribution in [0.1, 0.15) is 5.56 Å². The third-order valence-electron chi connectivity index (χ3n) is 2.66. The molecular weight excluding hydrogens is 377 g/mol. The molecule has 1 amide bonds. The van der Waals surface area contributed by atoms with Gasteiger partial charge in [0.15, 0.2) is 6.61 Å². The molecule has 0 radical (unpaired) electrons. The Morgan fingerprint density at radius 1 is 1.19 bits per heavy atom. The average Bonchev–Trinajstić information content (AvgIpc) is 2.40. The molecule has 2 aromatic rings. The summed E-state index contributed by atoms with van der Waals surface area (Å²) in [6.45, 7) is 1.85. The second-order valence-corrected chi connectivity index (χ2v) is 6.13. The van der Waals surface area contributed by atoms with Crippen LogP contribution in [0.15, 0.2) is 40.9 Å². The molecule has 2 rings (SSSR count). The van der Waals surface area contributed by atoms with Crippen molar-refractivity contribution in [3.05, 3.63) is 56.5 Å². The largest absolute Gasteiger partial charge is 0.484 e. The molecule has 0 saturated carbocycles. The van der Waals surface area contributed by atoms with Crippen LogP contribution in [0, 0.1) is 6.92 Å². The van der Waals surface area contributed by atoms with Gasteiger partial charge in [-0.05, 0) is 42.8 Å². The maximum atomic E-state index is 11.8. The molecule has 110 valence electrons. The first-order valence-corrected chi connectivity index (χ1v) is 7.64. The van der Waals surface area contributed by atoms with Gasteiger partial charge in [-0.1, -0.05) is 45.2 Å². The molecule has 2 aromatic carbocycles. The number of benzene rings is 2. The first kappa shape index (κ1) is 16.1. The summed E-state index contributed by atoms with van der Waals surface area (Å²) in [6, 6.07) is 10.4. The predicted molar refractivity (Wildman–Crippen MR) is 89.5 cm³/mol. The zero-order valence-electron chi connectivity index (χ0n) is 11.1. The molecule has 0 unspecified atom stereocenters. The van der Waals surface area contributed by atoms with Crippen LogP contribution in [0.2, 0.25) is 10.0 Å². The normalized spacial score (nSPS) is 10.3. The Labute approximate surface area is 141 Å². The number of aryl methyl sites for hydroxylation is 1. The van der Waals surface area contributed by atoms with E-state index in [1.54, 1.807) is 18.2 Å². The van der Waals surface area contributed by atoms with Gasteiger partial charge >= 0.3 is 0 Å². The summed E-state index contributed by atoms with van der Waals surface area (Å²) in [5.74, 6) is 0.189. The summed E-state index contributed by atoms with van der Waals surface area (Å²) in [6.07, 6.45) is 0. The lowest BCUT2D eigenvalue weighted by atomic mass is 10.2. The molecule has 0 saturated heterocycles. The van der Waals surface area contributed by atoms with Gasteiger partial charge in [0, 0.05) is 20.2 Å². The molecule has 6 heteroatoms. The molecule has 21 heavy (non-hydrogen) atoms. The van der Waals surface area contributed by atoms with Crippen LogP contribution >= 0.6 is 39.1 Å². The minimum atomic E-state index is -0.262. The SMILES string of the molecule is Cc1ccc(NC(=O)COc2cc(Cl)cc(Cl)c2)cc1Br. The number of anilines is 1. The maximum absolute atomic E-state index is 11.8. The number of halogens is 3. The van der Waals surface area contributed by atoms with Gasteiger partial charge in [0.2, 0.25) is 0 Å². The Kier molecular flexibility index (Phi) is 5.51. The lowest BCUT2D eigenvalue weighted by Gasteiger charge is -2.09. The van der Waals surface area contributed by atoms with Crippen LogP contribution in [0.25, 0.3) is 0 Å². The fourth-order valence-electron chi connectivity index (χ4n) is 1.63. The van der Waals surface area contributed by atoms with Crippen LogP contribution in [0.3, 0.4) is 0 Å². The highest BCUT2D eigenvalue weighted by atomic mass is 79.9. The number of rotatable bonds is 4. The zero-order chi connectivity index (χ0) is 15.4. The molecule has 1 N–H and O–H groups in total. The van der Waals surface area contributed by atoms with E-state index in [1.165, 1.54) is 0 Å². The Morgan fingerprint density at radius 2 is 1.86 bits per heavy atom. The lowest BCUT2D eigenvalue weighted by molar-refractivity contribution is -0.118. The van der Waals surface area contributed by atoms with Gasteiger partial charge in [0.1, 0.15) is 5.75 Å². The van der Waals surface area contributed by atoms with Crippen molar-refractivity contribution in [2.24, 2.45) is 0 Å². The Hall–Kier alpha value is -1.23. The fourth-order valence-corrected chi connectivity index (χ4v) is 2.51. The molecule has 0 heterocycles. The molecule has 0 aromatic heterocycles. The number of carbonyl (C=O) groups is 1. The van der Waals surface area contributed by atoms with E-state index in [0.29, 0.717) is 21.5 Å². The third kappa shape index (κ3) is 4.92. The van der Waals surface area contributed by atoms with Crippen molar-refractivity contribution in [1.82, 2.24) is 0 Å². The van der Waals surface area contributed by atoms with Crippen LogP contribution in [-0.2, 0) is 4.79 Å². The molecule has 0 aliphatic rings. The van der Waals surface area contributed by atoms with Crippen molar-refractivity contribution >= 4 is 50.7 Å². The lowest BCUT2D eigenvalue weighted by Crippen LogP contribution is -2.20. The molecule has 0 bridgehead atoms. The van der Waals surface area contributed by atoms with Crippen molar-refractivity contribution in [2.45, 2.75) is 6.92 Å². The van der Waals surface area contributed by atoms with Gasteiger partial charge < -0.3 is 10.1 Å². The van der Waals surface area contributed by atoms with Gasteiger partial charge in [-0.2, -0.15) is 0 Å². The Balaban J connectivity index is 1.94. The third-order valence-corrected chi connectivity index (χ3v) is 3.95. The predicted octanol–water partition coefficient (Wildman–Crippen LogP) is 5.08. The molecule has 3 nitrogen and oxygen atoms in total. The van der Waals surface area contributed by atoms with E-state index in [9.17, 15) is 4.79 Å². The number of carbonyl (C=O) groups excluding carboxylic acids is 1. The smallest absolute Gasteiger partial charge is 0.262 e. The standard InChI is InChI=1S/C15H12BrCl2NO2/c1-9-2-3-12(7-14(9)16)19-15(20)8-21-13-5-10(17)4-11(18)6-13/h2-7H,8H2,1H3,(H,19,20). The molecule has 0 aliphatic carbocycles. The maximum Gasteiger partial charge on any atom is 0.262 e. The second kappa shape index (κ2) is 7.16. The highest BCUT2D eigenvalue weighted by Crippen LogP contribution is 2.24. The van der Waals surface area contributed by atoms with Crippen LogP contribution in [-0.4, -0.2) is 12.5 Å². The van der Waals surface area contributed by atoms with Crippen molar-refractivity contribution < 1.29 is 9.53 Å². The van der Waals surface area contributed by atoms with E-state index in [2.05, 4.69) is 21.2 Å². The van der Waals surface area contributed by atoms with Crippen molar-refractivity contribution in [3.8, 4) is 5.75 Å². The summed E-state index contributed by atoms with van der Waals surface area (Å²) in [5.41, 5.74) is 1.79. The van der Waals surface area contributed by atoms with Gasteiger partial charge in [-0.3, -0.25) is 4.79 Å². The molecule has 0 aliphatic heterocycles. The summed E-state index contributed by atoms with van der Waals surface area (Å²) in [5, 5.41) is 3.67. The quantitative estimate of drug-likeness (QED) is 0.792. The second-order valence-electron chi connectivity index (χ2n) is 4.41. The van der Waals surface area contributed by atoms with Gasteiger partial charge in [0.25, 0.3) is 5.91 Å². The van der Waals surface area contributed by atoms with E-state index in [4.69, 9.17) is 27.9 Å². The van der Waals surface area contributed by atoms with Crippen LogP contribution in [0.5, 0.6) is 5.75 Å². The zero-order valence-corrected chi connectivity index (χ0v) is 14.2. The van der Waals surface area contributed by atoms with E-state index in [1.807, 2.05) is 25.1 Å². The van der Waals surface area contributed by atoms with Gasteiger partial charge in [-0.25, -0.2) is 0 Å². The summed E-state index contributed by atoms with van der Waals surface area (Å²) < 4.78 is 6.30. The van der Waals surface area contributed by atoms with E-state index in [-0.39, 0.29) is 12.5 Å². The fraction of sp³-hybridized carbons (Fsp3) is 0.133. The highest BCUT2D eigenvalue weighted by molar-refractivity contribution is 9.10. The first-order valence-electron chi connectivity index (χ1n) is 6.09. The van der Waals surface area contributed by atoms with Crippen molar-refractivity contribution in [2.75, 3.05) is 11.9 Å². The topological polar surface area (TPSA) is 38.3 Å². The number of nitrogens with one attached hydrogen (secondary N) is 1. The summed E-state index contributed by atoms with van der Waals surface area (Å²) >= 11 is 15.1. The van der Waals surface area contributed by atoms with E-state index in [0.717, 1.165) is 10.0 Å². The average molecular weight is 389 g/mol. The van der Waals surface area contributed by atoms with Crippen LogP contribution in [0.4, 0.5) is 5.69 Å². The van der Waals surface area contributed by atoms with E-state index >= 15 is 0 Å². The van der Waals surface area contributed by atoms with Crippen LogP contribution < -0.4 is 10.1 Å².